The van der Waals surface area contributed by atoms with E-state index in [2.05, 4.69) is 40.5 Å². The summed E-state index contributed by atoms with van der Waals surface area (Å²) in [5.74, 6) is 0.913. The highest BCUT2D eigenvalue weighted by Gasteiger charge is 2.42. The molecule has 0 bridgehead atoms. The number of hydrogen-bond acceptors (Lipinski definition) is 2. The maximum Gasteiger partial charge on any atom is 0.0309 e. The minimum absolute atomic E-state index is 0.415. The fraction of sp³-hybridized carbons (Fsp3) is 0.727. The first-order valence-corrected chi connectivity index (χ1v) is 10.4. The van der Waals surface area contributed by atoms with Crippen molar-refractivity contribution >= 4 is 0 Å². The monoisotopic (exact) mass is 326 g/mol. The van der Waals surface area contributed by atoms with Gasteiger partial charge in [-0.3, -0.25) is 4.90 Å². The molecule has 0 amide bonds. The molecule has 1 aliphatic heterocycles. The zero-order valence-corrected chi connectivity index (χ0v) is 15.2. The normalized spacial score (nSPS) is 28.9. The number of benzene rings is 1. The van der Waals surface area contributed by atoms with Gasteiger partial charge in [0.1, 0.15) is 0 Å². The number of hydrogen-bond donors (Lipinski definition) is 1. The summed E-state index contributed by atoms with van der Waals surface area (Å²) >= 11 is 0. The molecule has 2 saturated carbocycles. The molecule has 1 unspecified atom stereocenters. The fourth-order valence-electron chi connectivity index (χ4n) is 5.55. The Balaban J connectivity index is 1.51. The van der Waals surface area contributed by atoms with Crippen LogP contribution in [0.5, 0.6) is 0 Å². The van der Waals surface area contributed by atoms with E-state index < -0.39 is 0 Å². The Kier molecular flexibility index (Phi) is 5.24. The Hall–Kier alpha value is -0.860. The van der Waals surface area contributed by atoms with Gasteiger partial charge in [0, 0.05) is 31.2 Å². The van der Waals surface area contributed by atoms with E-state index in [1.807, 2.05) is 0 Å². The van der Waals surface area contributed by atoms with E-state index in [4.69, 9.17) is 0 Å². The van der Waals surface area contributed by atoms with Crippen LogP contribution in [0.4, 0.5) is 0 Å². The van der Waals surface area contributed by atoms with Crippen LogP contribution in [-0.4, -0.2) is 29.6 Å². The molecular formula is C22H34N2. The minimum Gasteiger partial charge on any atom is -0.308 e. The molecule has 1 spiro atoms. The first-order chi connectivity index (χ1) is 11.8. The largest absolute Gasteiger partial charge is 0.308 e. The number of piperazine rings is 1. The summed E-state index contributed by atoms with van der Waals surface area (Å²) in [5, 5.41) is 4.06. The molecule has 1 saturated heterocycles. The van der Waals surface area contributed by atoms with E-state index in [9.17, 15) is 0 Å². The summed E-state index contributed by atoms with van der Waals surface area (Å²) in [4.78, 5) is 2.87. The van der Waals surface area contributed by atoms with Crippen molar-refractivity contribution in [3.8, 4) is 0 Å². The summed E-state index contributed by atoms with van der Waals surface area (Å²) in [6, 6.07) is 11.9. The minimum atomic E-state index is 0.415. The summed E-state index contributed by atoms with van der Waals surface area (Å²) < 4.78 is 0. The Morgan fingerprint density at radius 1 is 0.917 bits per heavy atom. The van der Waals surface area contributed by atoms with Crippen LogP contribution in [0.3, 0.4) is 0 Å². The SMILES string of the molecule is c1ccc(CN2CC3(CCCCC3)NCC2C2CCCCC2)cc1. The average molecular weight is 327 g/mol. The summed E-state index contributed by atoms with van der Waals surface area (Å²) in [6.45, 7) is 3.63. The molecule has 132 valence electrons. The molecule has 1 aromatic rings. The second-order valence-electron chi connectivity index (χ2n) is 8.58. The third kappa shape index (κ3) is 3.70. The lowest BCUT2D eigenvalue weighted by atomic mass is 9.76. The average Bonchev–Trinajstić information content (AvgIpc) is 2.64. The third-order valence-electron chi connectivity index (χ3n) is 6.89. The van der Waals surface area contributed by atoms with Gasteiger partial charge in [-0.1, -0.05) is 68.9 Å². The van der Waals surface area contributed by atoms with Crippen molar-refractivity contribution in [3.63, 3.8) is 0 Å². The number of nitrogens with one attached hydrogen (secondary N) is 1. The predicted molar refractivity (Wildman–Crippen MR) is 101 cm³/mol. The molecule has 2 heteroatoms. The summed E-state index contributed by atoms with van der Waals surface area (Å²) in [7, 11) is 0. The number of nitrogens with zero attached hydrogens (tertiary/aromatic N) is 1. The molecule has 4 rings (SSSR count). The second kappa shape index (κ2) is 7.58. The Labute approximate surface area is 148 Å². The van der Waals surface area contributed by atoms with Crippen molar-refractivity contribution in [3.05, 3.63) is 35.9 Å². The van der Waals surface area contributed by atoms with Gasteiger partial charge in [-0.15, -0.1) is 0 Å². The number of rotatable bonds is 3. The van der Waals surface area contributed by atoms with Gasteiger partial charge >= 0.3 is 0 Å². The van der Waals surface area contributed by atoms with Gasteiger partial charge in [-0.05, 0) is 37.2 Å². The van der Waals surface area contributed by atoms with Gasteiger partial charge in [-0.25, -0.2) is 0 Å². The molecule has 3 fully saturated rings. The van der Waals surface area contributed by atoms with Gasteiger partial charge in [0.25, 0.3) is 0 Å². The molecule has 1 atom stereocenters. The molecule has 2 nitrogen and oxygen atoms in total. The zero-order chi connectivity index (χ0) is 16.2. The van der Waals surface area contributed by atoms with E-state index in [-0.39, 0.29) is 0 Å². The Bertz CT molecular complexity index is 500. The second-order valence-corrected chi connectivity index (χ2v) is 8.58. The topological polar surface area (TPSA) is 15.3 Å². The Morgan fingerprint density at radius 2 is 1.62 bits per heavy atom. The van der Waals surface area contributed by atoms with Crippen molar-refractivity contribution in [1.29, 1.82) is 0 Å². The molecular weight excluding hydrogens is 292 g/mol. The van der Waals surface area contributed by atoms with Crippen LogP contribution < -0.4 is 5.32 Å². The highest BCUT2D eigenvalue weighted by molar-refractivity contribution is 5.15. The van der Waals surface area contributed by atoms with Crippen LogP contribution in [0.15, 0.2) is 30.3 Å². The van der Waals surface area contributed by atoms with E-state index in [1.165, 1.54) is 82.9 Å². The molecule has 3 aliphatic rings. The lowest BCUT2D eigenvalue weighted by Gasteiger charge is -2.52. The third-order valence-corrected chi connectivity index (χ3v) is 6.89. The van der Waals surface area contributed by atoms with Crippen LogP contribution in [0, 0.1) is 5.92 Å². The van der Waals surface area contributed by atoms with Gasteiger partial charge in [0.15, 0.2) is 0 Å². The van der Waals surface area contributed by atoms with Crippen LogP contribution >= 0.6 is 0 Å². The van der Waals surface area contributed by atoms with Crippen molar-refractivity contribution < 1.29 is 0 Å². The van der Waals surface area contributed by atoms with E-state index in [0.717, 1.165) is 18.5 Å². The standard InChI is InChI=1S/C22H34N2/c1-4-10-19(11-5-1)17-24-18-22(14-8-3-9-15-22)23-16-21(24)20-12-6-2-7-13-20/h1,4-5,10-11,20-21,23H,2-3,6-9,12-18H2. The smallest absolute Gasteiger partial charge is 0.0309 e. The van der Waals surface area contributed by atoms with Gasteiger partial charge in [0.05, 0.1) is 0 Å². The lowest BCUT2D eigenvalue weighted by Crippen LogP contribution is -2.66. The Morgan fingerprint density at radius 3 is 2.38 bits per heavy atom. The first-order valence-electron chi connectivity index (χ1n) is 10.4. The molecule has 1 N–H and O–H groups in total. The van der Waals surface area contributed by atoms with Crippen molar-refractivity contribution in [2.24, 2.45) is 5.92 Å². The van der Waals surface area contributed by atoms with Crippen LogP contribution in [0.1, 0.15) is 69.8 Å². The van der Waals surface area contributed by atoms with E-state index in [1.54, 1.807) is 0 Å². The van der Waals surface area contributed by atoms with E-state index >= 15 is 0 Å². The van der Waals surface area contributed by atoms with E-state index in [0.29, 0.717) is 5.54 Å². The zero-order valence-electron chi connectivity index (χ0n) is 15.2. The summed E-state index contributed by atoms with van der Waals surface area (Å²) in [5.41, 5.74) is 1.91. The predicted octanol–water partition coefficient (Wildman–Crippen LogP) is 4.74. The molecule has 0 aromatic heterocycles. The van der Waals surface area contributed by atoms with Crippen molar-refractivity contribution in [1.82, 2.24) is 10.2 Å². The van der Waals surface area contributed by atoms with Crippen LogP contribution in [0.2, 0.25) is 0 Å². The molecule has 0 radical (unpaired) electrons. The van der Waals surface area contributed by atoms with Gasteiger partial charge in [-0.2, -0.15) is 0 Å². The lowest BCUT2D eigenvalue weighted by molar-refractivity contribution is 0.0155. The maximum absolute atomic E-state index is 4.06. The molecule has 1 aromatic carbocycles. The van der Waals surface area contributed by atoms with Crippen molar-refractivity contribution in [2.75, 3.05) is 13.1 Å². The van der Waals surface area contributed by atoms with Crippen LogP contribution in [0.25, 0.3) is 0 Å². The van der Waals surface area contributed by atoms with Gasteiger partial charge in [0.2, 0.25) is 0 Å². The quantitative estimate of drug-likeness (QED) is 0.863. The first kappa shape index (κ1) is 16.6. The maximum atomic E-state index is 4.06. The molecule has 24 heavy (non-hydrogen) atoms. The van der Waals surface area contributed by atoms with Crippen LogP contribution in [-0.2, 0) is 6.54 Å². The van der Waals surface area contributed by atoms with Crippen molar-refractivity contribution in [2.45, 2.75) is 82.3 Å². The fourth-order valence-corrected chi connectivity index (χ4v) is 5.55. The van der Waals surface area contributed by atoms with Gasteiger partial charge < -0.3 is 5.32 Å². The molecule has 2 aliphatic carbocycles. The highest BCUT2D eigenvalue weighted by atomic mass is 15.3. The molecule has 1 heterocycles. The summed E-state index contributed by atoms with van der Waals surface area (Å²) in [6.07, 6.45) is 14.3. The highest BCUT2D eigenvalue weighted by Crippen LogP contribution is 2.37.